The Hall–Kier alpha value is -1.54. The van der Waals surface area contributed by atoms with Crippen LogP contribution in [0.4, 0.5) is 0 Å². The van der Waals surface area contributed by atoms with E-state index in [-0.39, 0.29) is 0 Å². The highest BCUT2D eigenvalue weighted by molar-refractivity contribution is 5.38. The van der Waals surface area contributed by atoms with Gasteiger partial charge in [-0.2, -0.15) is 0 Å². The molecule has 110 valence electrons. The highest BCUT2D eigenvalue weighted by Crippen LogP contribution is 2.16. The van der Waals surface area contributed by atoms with Crippen LogP contribution in [0.25, 0.3) is 0 Å². The lowest BCUT2D eigenvalue weighted by molar-refractivity contribution is -0.339. The van der Waals surface area contributed by atoms with Gasteiger partial charge in [-0.05, 0) is 51.0 Å². The maximum Gasteiger partial charge on any atom is 0.353 e. The number of hydrogen-bond acceptors (Lipinski definition) is 4. The van der Waals surface area contributed by atoms with Gasteiger partial charge in [0.1, 0.15) is 5.75 Å². The lowest BCUT2D eigenvalue weighted by atomic mass is 10.2. The van der Waals surface area contributed by atoms with Gasteiger partial charge < -0.3 is 18.9 Å². The van der Waals surface area contributed by atoms with Gasteiger partial charge in [-0.25, -0.2) is 0 Å². The molecule has 1 aromatic rings. The lowest BCUT2D eigenvalue weighted by Crippen LogP contribution is -2.38. The third-order valence-electron chi connectivity index (χ3n) is 2.45. The van der Waals surface area contributed by atoms with Crippen molar-refractivity contribution in [3.8, 4) is 17.6 Å². The molecule has 0 saturated carbocycles. The Balaban J connectivity index is 2.94. The maximum absolute atomic E-state index is 5.53. The van der Waals surface area contributed by atoms with Crippen LogP contribution in [0, 0.1) is 11.8 Å². The van der Waals surface area contributed by atoms with Crippen molar-refractivity contribution in [3.63, 3.8) is 0 Å². The molecule has 0 N–H and O–H groups in total. The fraction of sp³-hybridized carbons (Fsp3) is 0.500. The van der Waals surface area contributed by atoms with Crippen molar-refractivity contribution in [1.82, 2.24) is 0 Å². The third-order valence-corrected chi connectivity index (χ3v) is 2.45. The minimum Gasteiger partial charge on any atom is -0.497 e. The monoisotopic (exact) mass is 278 g/mol. The summed E-state index contributed by atoms with van der Waals surface area (Å²) >= 11 is 0. The maximum atomic E-state index is 5.53. The van der Waals surface area contributed by atoms with Gasteiger partial charge in [0.15, 0.2) is 0 Å². The first kappa shape index (κ1) is 16.5. The summed E-state index contributed by atoms with van der Waals surface area (Å²) in [4.78, 5) is 0. The van der Waals surface area contributed by atoms with Crippen LogP contribution in [0.15, 0.2) is 24.3 Å². The Bertz CT molecular complexity index is 425. The smallest absolute Gasteiger partial charge is 0.353 e. The Morgan fingerprint density at radius 1 is 0.900 bits per heavy atom. The van der Waals surface area contributed by atoms with E-state index in [0.29, 0.717) is 19.8 Å². The molecular formula is C16H22O4. The van der Waals surface area contributed by atoms with E-state index in [1.54, 1.807) is 7.11 Å². The molecule has 4 heteroatoms. The van der Waals surface area contributed by atoms with Crippen LogP contribution in [0.1, 0.15) is 26.3 Å². The SMILES string of the molecule is CCOC(C#Cc1ccc(OC)cc1)(OCC)OCC. The molecule has 0 spiro atoms. The minimum atomic E-state index is -1.29. The summed E-state index contributed by atoms with van der Waals surface area (Å²) in [5.41, 5.74) is 0.842. The second kappa shape index (κ2) is 8.60. The number of hydrogen-bond donors (Lipinski definition) is 0. The zero-order valence-corrected chi connectivity index (χ0v) is 12.6. The van der Waals surface area contributed by atoms with Crippen LogP contribution in [0.3, 0.4) is 0 Å². The van der Waals surface area contributed by atoms with Crippen LogP contribution in [0.5, 0.6) is 5.75 Å². The Labute approximate surface area is 121 Å². The highest BCUT2D eigenvalue weighted by Gasteiger charge is 2.30. The summed E-state index contributed by atoms with van der Waals surface area (Å²) in [6.07, 6.45) is 0. The van der Waals surface area contributed by atoms with E-state index in [1.807, 2.05) is 45.0 Å². The van der Waals surface area contributed by atoms with Crippen LogP contribution >= 0.6 is 0 Å². The van der Waals surface area contributed by atoms with Gasteiger partial charge in [-0.1, -0.05) is 5.92 Å². The molecule has 0 radical (unpaired) electrons. The molecule has 0 aliphatic rings. The fourth-order valence-electron chi connectivity index (χ4n) is 1.63. The van der Waals surface area contributed by atoms with Crippen LogP contribution in [0.2, 0.25) is 0 Å². The van der Waals surface area contributed by atoms with Gasteiger partial charge >= 0.3 is 5.97 Å². The molecule has 0 atom stereocenters. The molecule has 1 aromatic carbocycles. The first-order valence-corrected chi connectivity index (χ1v) is 6.78. The average molecular weight is 278 g/mol. The van der Waals surface area contributed by atoms with Crippen molar-refractivity contribution < 1.29 is 18.9 Å². The largest absolute Gasteiger partial charge is 0.497 e. The van der Waals surface area contributed by atoms with Gasteiger partial charge in [0.25, 0.3) is 0 Å². The molecule has 0 aromatic heterocycles. The number of methoxy groups -OCH3 is 1. The molecule has 0 heterocycles. The fourth-order valence-corrected chi connectivity index (χ4v) is 1.63. The van der Waals surface area contributed by atoms with E-state index in [4.69, 9.17) is 18.9 Å². The molecule has 0 saturated heterocycles. The minimum absolute atomic E-state index is 0.456. The molecule has 1 rings (SSSR count). The first-order chi connectivity index (χ1) is 9.69. The van der Waals surface area contributed by atoms with Gasteiger partial charge in [-0.15, -0.1) is 0 Å². The van der Waals surface area contributed by atoms with Crippen molar-refractivity contribution in [2.45, 2.75) is 26.7 Å². The summed E-state index contributed by atoms with van der Waals surface area (Å²) in [7, 11) is 1.63. The zero-order valence-electron chi connectivity index (χ0n) is 12.6. The van der Waals surface area contributed by atoms with Crippen LogP contribution < -0.4 is 4.74 Å². The summed E-state index contributed by atoms with van der Waals surface area (Å²) in [5, 5.41) is 0. The van der Waals surface area contributed by atoms with E-state index < -0.39 is 5.97 Å². The van der Waals surface area contributed by atoms with Crippen molar-refractivity contribution in [2.75, 3.05) is 26.9 Å². The summed E-state index contributed by atoms with van der Waals surface area (Å²) in [5.74, 6) is 5.44. The quantitative estimate of drug-likeness (QED) is 0.568. The van der Waals surface area contributed by atoms with E-state index in [9.17, 15) is 0 Å². The molecule has 0 aliphatic carbocycles. The molecule has 0 aliphatic heterocycles. The second-order valence-corrected chi connectivity index (χ2v) is 3.83. The number of rotatable bonds is 7. The molecule has 0 fully saturated rings. The predicted molar refractivity (Wildman–Crippen MR) is 77.5 cm³/mol. The summed E-state index contributed by atoms with van der Waals surface area (Å²) in [6, 6.07) is 7.46. The standard InChI is InChI=1S/C16H22O4/c1-5-18-16(19-6-2,20-7-3)13-12-14-8-10-15(17-4)11-9-14/h8-11H,5-7H2,1-4H3. The van der Waals surface area contributed by atoms with E-state index in [2.05, 4.69) is 11.8 Å². The number of benzene rings is 1. The highest BCUT2D eigenvalue weighted by atomic mass is 16.9. The average Bonchev–Trinajstić information content (AvgIpc) is 2.46. The van der Waals surface area contributed by atoms with E-state index in [1.165, 1.54) is 0 Å². The molecule has 20 heavy (non-hydrogen) atoms. The summed E-state index contributed by atoms with van der Waals surface area (Å²) in [6.45, 7) is 7.00. The van der Waals surface area contributed by atoms with Crippen molar-refractivity contribution in [1.29, 1.82) is 0 Å². The Morgan fingerprint density at radius 2 is 1.40 bits per heavy atom. The van der Waals surface area contributed by atoms with Gasteiger partial charge in [-0.3, -0.25) is 0 Å². The predicted octanol–water partition coefficient (Wildman–Crippen LogP) is 2.81. The normalized spacial score (nSPS) is 10.8. The molecule has 0 bridgehead atoms. The zero-order chi connectivity index (χ0) is 14.8. The van der Waals surface area contributed by atoms with Crippen molar-refractivity contribution >= 4 is 0 Å². The van der Waals surface area contributed by atoms with Gasteiger partial charge in [0.05, 0.1) is 26.9 Å². The second-order valence-electron chi connectivity index (χ2n) is 3.83. The first-order valence-electron chi connectivity index (χ1n) is 6.78. The van der Waals surface area contributed by atoms with Gasteiger partial charge in [0, 0.05) is 5.56 Å². The van der Waals surface area contributed by atoms with Crippen molar-refractivity contribution in [2.24, 2.45) is 0 Å². The van der Waals surface area contributed by atoms with E-state index >= 15 is 0 Å². The Kier molecular flexibility index (Phi) is 7.10. The molecule has 4 nitrogen and oxygen atoms in total. The van der Waals surface area contributed by atoms with Crippen LogP contribution in [-0.2, 0) is 14.2 Å². The Morgan fingerprint density at radius 3 is 1.80 bits per heavy atom. The topological polar surface area (TPSA) is 36.9 Å². The lowest BCUT2D eigenvalue weighted by Gasteiger charge is -2.26. The molecule has 0 amide bonds. The van der Waals surface area contributed by atoms with Crippen molar-refractivity contribution in [3.05, 3.63) is 29.8 Å². The van der Waals surface area contributed by atoms with Gasteiger partial charge in [0.2, 0.25) is 0 Å². The third kappa shape index (κ3) is 4.86. The summed E-state index contributed by atoms with van der Waals surface area (Å²) < 4.78 is 21.7. The number of ether oxygens (including phenoxy) is 4. The molecular weight excluding hydrogens is 256 g/mol. The van der Waals surface area contributed by atoms with E-state index in [0.717, 1.165) is 11.3 Å². The van der Waals surface area contributed by atoms with Crippen LogP contribution in [-0.4, -0.2) is 32.9 Å². The molecule has 0 unspecified atom stereocenters.